The molecule has 1 aliphatic rings. The van der Waals surface area contributed by atoms with Crippen LogP contribution in [0.5, 0.6) is 0 Å². The van der Waals surface area contributed by atoms with Crippen LogP contribution in [0.25, 0.3) is 0 Å². The minimum absolute atomic E-state index is 0.140. The summed E-state index contributed by atoms with van der Waals surface area (Å²) >= 11 is 0. The third kappa shape index (κ3) is 8.76. The number of esters is 1. The van der Waals surface area contributed by atoms with Crippen LogP contribution in [-0.4, -0.2) is 31.4 Å². The molecule has 1 N–H and O–H groups in total. The normalized spacial score (nSPS) is 12.3. The minimum atomic E-state index is -0.291. The first kappa shape index (κ1) is 18.9. The van der Waals surface area contributed by atoms with Gasteiger partial charge in [-0.1, -0.05) is 48.5 Å². The smallest absolute Gasteiger partial charge is 0.337 e. The Kier molecular flexibility index (Phi) is 10.2. The van der Waals surface area contributed by atoms with E-state index in [0.717, 1.165) is 18.8 Å². The highest BCUT2D eigenvalue weighted by Gasteiger charge is 2.00. The fraction of sp³-hybridized carbons (Fsp3) is 0.316. The maximum Gasteiger partial charge on any atom is 0.337 e. The number of aliphatic hydroxyl groups excluding tert-OH is 1. The van der Waals surface area contributed by atoms with Crippen molar-refractivity contribution in [3.8, 4) is 0 Å². The first-order valence-corrected chi connectivity index (χ1v) is 7.63. The predicted molar refractivity (Wildman–Crippen MR) is 90.2 cm³/mol. The number of carbonyl (C=O) groups is 1. The van der Waals surface area contributed by atoms with Crippen molar-refractivity contribution < 1.29 is 19.4 Å². The van der Waals surface area contributed by atoms with E-state index in [4.69, 9.17) is 9.84 Å². The van der Waals surface area contributed by atoms with Crippen LogP contribution < -0.4 is 0 Å². The molecule has 3 rings (SSSR count). The molecule has 0 unspecified atom stereocenters. The first-order chi connectivity index (χ1) is 11.3. The summed E-state index contributed by atoms with van der Waals surface area (Å²) < 4.78 is 9.44. The van der Waals surface area contributed by atoms with Gasteiger partial charge in [-0.3, -0.25) is 0 Å². The van der Waals surface area contributed by atoms with E-state index in [0.29, 0.717) is 5.56 Å². The van der Waals surface area contributed by atoms with Crippen molar-refractivity contribution in [2.45, 2.75) is 19.4 Å². The molecule has 1 heterocycles. The average Bonchev–Trinajstić information content (AvgIpc) is 3.23. The van der Waals surface area contributed by atoms with E-state index in [9.17, 15) is 4.79 Å². The largest absolute Gasteiger partial charge is 0.465 e. The van der Waals surface area contributed by atoms with Crippen molar-refractivity contribution in [1.82, 2.24) is 0 Å². The molecule has 0 aliphatic carbocycles. The van der Waals surface area contributed by atoms with E-state index in [-0.39, 0.29) is 12.6 Å². The molecule has 1 aliphatic heterocycles. The van der Waals surface area contributed by atoms with Crippen molar-refractivity contribution in [3.05, 3.63) is 71.8 Å². The molecule has 4 nitrogen and oxygen atoms in total. The monoisotopic (exact) mass is 316 g/mol. The summed E-state index contributed by atoms with van der Waals surface area (Å²) in [5.74, 6) is -0.291. The molecular weight excluding hydrogens is 292 g/mol. The van der Waals surface area contributed by atoms with Crippen molar-refractivity contribution in [2.75, 3.05) is 20.3 Å². The molecule has 1 saturated heterocycles. The zero-order chi connectivity index (χ0) is 16.8. The molecule has 2 aromatic carbocycles. The van der Waals surface area contributed by atoms with Gasteiger partial charge in [0.25, 0.3) is 0 Å². The third-order valence-electron chi connectivity index (χ3n) is 3.05. The number of methoxy groups -OCH3 is 1. The Balaban J connectivity index is 0.000000182. The number of aliphatic hydroxyl groups is 1. The van der Waals surface area contributed by atoms with Gasteiger partial charge in [-0.2, -0.15) is 0 Å². The van der Waals surface area contributed by atoms with Gasteiger partial charge in [0, 0.05) is 13.2 Å². The zero-order valence-corrected chi connectivity index (χ0v) is 13.5. The number of hydrogen-bond acceptors (Lipinski definition) is 4. The van der Waals surface area contributed by atoms with E-state index in [1.165, 1.54) is 20.0 Å². The molecule has 0 spiro atoms. The van der Waals surface area contributed by atoms with Gasteiger partial charge >= 0.3 is 5.97 Å². The Morgan fingerprint density at radius 3 is 1.87 bits per heavy atom. The number of ether oxygens (including phenoxy) is 2. The van der Waals surface area contributed by atoms with Crippen LogP contribution in [0.1, 0.15) is 28.8 Å². The second-order valence-electron chi connectivity index (χ2n) is 4.82. The van der Waals surface area contributed by atoms with Gasteiger partial charge in [0.1, 0.15) is 0 Å². The summed E-state index contributed by atoms with van der Waals surface area (Å²) in [4.78, 5) is 10.8. The Morgan fingerprint density at radius 1 is 1.00 bits per heavy atom. The molecule has 0 amide bonds. The van der Waals surface area contributed by atoms with Gasteiger partial charge < -0.3 is 14.6 Å². The van der Waals surface area contributed by atoms with E-state index in [2.05, 4.69) is 4.74 Å². The number of hydrogen-bond donors (Lipinski definition) is 1. The molecule has 23 heavy (non-hydrogen) atoms. The zero-order valence-electron chi connectivity index (χ0n) is 13.5. The molecule has 0 atom stereocenters. The predicted octanol–water partition coefficient (Wildman–Crippen LogP) is 3.45. The molecule has 124 valence electrons. The van der Waals surface area contributed by atoms with E-state index < -0.39 is 0 Å². The Morgan fingerprint density at radius 2 is 1.52 bits per heavy atom. The lowest BCUT2D eigenvalue weighted by Gasteiger charge is -1.95. The van der Waals surface area contributed by atoms with Gasteiger partial charge in [0.15, 0.2) is 0 Å². The van der Waals surface area contributed by atoms with Gasteiger partial charge in [0.05, 0.1) is 19.3 Å². The highest BCUT2D eigenvalue weighted by atomic mass is 16.5. The molecular formula is C19H24O4. The molecule has 0 bridgehead atoms. The van der Waals surface area contributed by atoms with Crippen LogP contribution in [0.4, 0.5) is 0 Å². The maximum atomic E-state index is 10.8. The first-order valence-electron chi connectivity index (χ1n) is 7.63. The highest BCUT2D eigenvalue weighted by molar-refractivity contribution is 5.89. The number of carbonyl (C=O) groups excluding carboxylic acids is 1. The summed E-state index contributed by atoms with van der Waals surface area (Å²) in [7, 11) is 1.37. The average molecular weight is 316 g/mol. The second-order valence-corrected chi connectivity index (χ2v) is 4.82. The van der Waals surface area contributed by atoms with Crippen LogP contribution in [0.15, 0.2) is 60.7 Å². The molecule has 1 fully saturated rings. The van der Waals surface area contributed by atoms with E-state index >= 15 is 0 Å². The summed E-state index contributed by atoms with van der Waals surface area (Å²) in [6.07, 6.45) is 2.56. The Bertz CT molecular complexity index is 514. The Labute approximate surface area is 137 Å². The number of rotatable bonds is 2. The molecule has 0 radical (unpaired) electrons. The fourth-order valence-electron chi connectivity index (χ4n) is 1.79. The van der Waals surface area contributed by atoms with Gasteiger partial charge in [-0.05, 0) is 30.5 Å². The summed E-state index contributed by atoms with van der Waals surface area (Å²) in [5, 5.41) is 8.54. The van der Waals surface area contributed by atoms with Gasteiger partial charge in [-0.15, -0.1) is 0 Å². The molecule has 4 heteroatoms. The topological polar surface area (TPSA) is 55.8 Å². The van der Waals surface area contributed by atoms with Gasteiger partial charge in [-0.25, -0.2) is 4.79 Å². The SMILES string of the molecule is C1CCOC1.COC(=O)c1ccccc1.OCc1ccccc1. The fourth-order valence-corrected chi connectivity index (χ4v) is 1.79. The molecule has 0 aromatic heterocycles. The van der Waals surface area contributed by atoms with Crippen LogP contribution in [0.2, 0.25) is 0 Å². The van der Waals surface area contributed by atoms with Crippen molar-refractivity contribution >= 4 is 5.97 Å². The lowest BCUT2D eigenvalue weighted by atomic mass is 10.2. The van der Waals surface area contributed by atoms with Crippen LogP contribution in [-0.2, 0) is 16.1 Å². The quantitative estimate of drug-likeness (QED) is 0.862. The maximum absolute atomic E-state index is 10.8. The number of benzene rings is 2. The van der Waals surface area contributed by atoms with E-state index in [1.54, 1.807) is 24.3 Å². The highest BCUT2D eigenvalue weighted by Crippen LogP contribution is 1.99. The van der Waals surface area contributed by atoms with Crippen molar-refractivity contribution in [2.24, 2.45) is 0 Å². The molecule has 0 saturated carbocycles. The van der Waals surface area contributed by atoms with Crippen LogP contribution in [0, 0.1) is 0 Å². The van der Waals surface area contributed by atoms with E-state index in [1.807, 2.05) is 36.4 Å². The second kappa shape index (κ2) is 12.4. The van der Waals surface area contributed by atoms with Crippen LogP contribution >= 0.6 is 0 Å². The molecule has 2 aromatic rings. The third-order valence-corrected chi connectivity index (χ3v) is 3.05. The van der Waals surface area contributed by atoms with Crippen molar-refractivity contribution in [3.63, 3.8) is 0 Å². The Hall–Kier alpha value is -2.17. The van der Waals surface area contributed by atoms with Crippen molar-refractivity contribution in [1.29, 1.82) is 0 Å². The lowest BCUT2D eigenvalue weighted by molar-refractivity contribution is 0.0600. The summed E-state index contributed by atoms with van der Waals surface area (Å²) in [6.45, 7) is 2.14. The summed E-state index contributed by atoms with van der Waals surface area (Å²) in [5.41, 5.74) is 1.55. The van der Waals surface area contributed by atoms with Crippen LogP contribution in [0.3, 0.4) is 0 Å². The standard InChI is InChI=1S/C8H8O2.C7H8O.C4H8O/c1-10-8(9)7-5-3-2-4-6-7;8-6-7-4-2-1-3-5-7;1-2-4-5-3-1/h2-6H,1H3;1-5,8H,6H2;1-4H2. The minimum Gasteiger partial charge on any atom is -0.465 e. The van der Waals surface area contributed by atoms with Gasteiger partial charge in [0.2, 0.25) is 0 Å². The summed E-state index contributed by atoms with van der Waals surface area (Å²) in [6, 6.07) is 18.4. The lowest BCUT2D eigenvalue weighted by Crippen LogP contribution is -1.99.